The highest BCUT2D eigenvalue weighted by Crippen LogP contribution is 2.26. The Kier molecular flexibility index (Phi) is 35.8. The van der Waals surface area contributed by atoms with Crippen molar-refractivity contribution in [1.82, 2.24) is 31.9 Å². The number of methoxy groups -OCH3 is 6. The number of carbonyl (C=O) groups excluding carboxylic acids is 12. The van der Waals surface area contributed by atoms with Crippen LogP contribution < -0.4 is 31.9 Å². The molecule has 408 valence electrons. The summed E-state index contributed by atoms with van der Waals surface area (Å²) in [6.45, 7) is 0. The third-order valence-electron chi connectivity index (χ3n) is 9.76. The molecule has 0 aromatic rings. The summed E-state index contributed by atoms with van der Waals surface area (Å²) in [7, 11) is 13.7. The second-order valence-electron chi connectivity index (χ2n) is 15.2. The second-order valence-corrected chi connectivity index (χ2v) is 22.8. The first kappa shape index (κ1) is 65.8. The van der Waals surface area contributed by atoms with Gasteiger partial charge in [-0.3, -0.25) is 28.8 Å². The van der Waals surface area contributed by atoms with Gasteiger partial charge >= 0.3 is 35.8 Å². The lowest BCUT2D eigenvalue weighted by Gasteiger charge is -2.19. The first-order valence-electron chi connectivity index (χ1n) is 22.4. The Balaban J connectivity index is 3.11. The number of amides is 6. The van der Waals surface area contributed by atoms with Gasteiger partial charge in [0, 0.05) is 73.0 Å². The van der Waals surface area contributed by atoms with E-state index in [9.17, 15) is 57.5 Å². The lowest BCUT2D eigenvalue weighted by atomic mass is 10.1. The Bertz CT molecular complexity index is 1500. The van der Waals surface area contributed by atoms with Crippen LogP contribution in [-0.2, 0) is 86.0 Å². The SMILES string of the molecule is COC(=O)[C@@H]1CSSC[C@@H](C(=O)OC)NC(=O)CCCCC(=O)N[C@H](C(=O)OC)CSSC[C@@H](C(=O)OC)NC(=O)CCCCC(=O)N[C@H](C(=O)OC)CSSC[C@@H](C(=O)OC)NC(=O)CCCCC(=O)N1. The Labute approximate surface area is 442 Å². The van der Waals surface area contributed by atoms with Gasteiger partial charge in [-0.25, -0.2) is 28.8 Å². The summed E-state index contributed by atoms with van der Waals surface area (Å²) in [5, 5.41) is 15.6. The maximum absolute atomic E-state index is 12.8. The van der Waals surface area contributed by atoms with Gasteiger partial charge in [-0.15, -0.1) is 0 Å². The molecular weight excluding hydrogens is 1070 g/mol. The predicted octanol–water partition coefficient (Wildman–Crippen LogP) is 0.772. The first-order chi connectivity index (χ1) is 34.4. The fourth-order valence-electron chi connectivity index (χ4n) is 5.87. The number of esters is 6. The zero-order chi connectivity index (χ0) is 53.8. The number of hydrogen-bond acceptors (Lipinski definition) is 24. The molecule has 0 bridgehead atoms. The molecule has 0 radical (unpaired) electrons. The molecule has 30 heteroatoms. The van der Waals surface area contributed by atoms with Crippen molar-refractivity contribution < 1.29 is 86.0 Å². The third-order valence-corrected chi connectivity index (χ3v) is 17.0. The van der Waals surface area contributed by atoms with Crippen LogP contribution in [0.1, 0.15) is 77.0 Å². The lowest BCUT2D eigenvalue weighted by Crippen LogP contribution is -2.44. The molecule has 1 heterocycles. The van der Waals surface area contributed by atoms with E-state index in [4.69, 9.17) is 28.4 Å². The van der Waals surface area contributed by atoms with E-state index in [0.717, 1.165) is 107 Å². The summed E-state index contributed by atoms with van der Waals surface area (Å²) in [4.78, 5) is 152. The van der Waals surface area contributed by atoms with Crippen LogP contribution >= 0.6 is 64.8 Å². The summed E-state index contributed by atoms with van der Waals surface area (Å²) in [6, 6.07) is -6.40. The number of carbonyl (C=O) groups is 12. The van der Waals surface area contributed by atoms with Gasteiger partial charge in [-0.1, -0.05) is 64.8 Å². The van der Waals surface area contributed by atoms with Crippen LogP contribution in [0.2, 0.25) is 0 Å². The monoisotopic (exact) mass is 1130 g/mol. The molecule has 6 N–H and O–H groups in total. The molecule has 6 amide bonds. The van der Waals surface area contributed by atoms with Gasteiger partial charge in [0.05, 0.1) is 42.7 Å². The van der Waals surface area contributed by atoms with Gasteiger partial charge in [0.25, 0.3) is 0 Å². The maximum atomic E-state index is 12.8. The van der Waals surface area contributed by atoms with Crippen LogP contribution in [0.25, 0.3) is 0 Å². The summed E-state index contributed by atoms with van der Waals surface area (Å²) >= 11 is 0. The molecule has 1 aliphatic rings. The second kappa shape index (κ2) is 39.2. The summed E-state index contributed by atoms with van der Waals surface area (Å²) in [6.07, 6.45) is 1.20. The number of nitrogens with one attached hydrogen (secondary N) is 6. The molecule has 0 aromatic heterocycles. The van der Waals surface area contributed by atoms with Crippen LogP contribution in [0.4, 0.5) is 0 Å². The average Bonchev–Trinajstić information content (AvgIpc) is 3.37. The largest absolute Gasteiger partial charge is 0.467 e. The average molecular weight is 1140 g/mol. The van der Waals surface area contributed by atoms with E-state index in [1.54, 1.807) is 0 Å². The van der Waals surface area contributed by atoms with Crippen molar-refractivity contribution >= 4 is 136 Å². The molecule has 0 unspecified atom stereocenters. The van der Waals surface area contributed by atoms with Crippen molar-refractivity contribution in [3.63, 3.8) is 0 Å². The Morgan fingerprint density at radius 3 is 0.528 bits per heavy atom. The van der Waals surface area contributed by atoms with E-state index < -0.39 is 108 Å². The molecular formula is C42H66N6O18S6. The highest BCUT2D eigenvalue weighted by atomic mass is 33.1. The zero-order valence-corrected chi connectivity index (χ0v) is 45.9. The van der Waals surface area contributed by atoms with Crippen LogP contribution in [0.3, 0.4) is 0 Å². The van der Waals surface area contributed by atoms with Crippen LogP contribution in [0.5, 0.6) is 0 Å². The smallest absolute Gasteiger partial charge is 0.329 e. The Hall–Kier alpha value is -4.26. The van der Waals surface area contributed by atoms with Crippen molar-refractivity contribution in [3.8, 4) is 0 Å². The maximum Gasteiger partial charge on any atom is 0.329 e. The minimum atomic E-state index is -1.07. The van der Waals surface area contributed by atoms with Gasteiger partial charge in [0.15, 0.2) is 0 Å². The van der Waals surface area contributed by atoms with E-state index in [1.165, 1.54) is 0 Å². The first-order valence-corrected chi connectivity index (χ1v) is 29.9. The fourth-order valence-corrected chi connectivity index (χ4v) is 12.8. The van der Waals surface area contributed by atoms with E-state index in [-0.39, 0.29) is 112 Å². The predicted molar refractivity (Wildman–Crippen MR) is 274 cm³/mol. The van der Waals surface area contributed by atoms with E-state index in [2.05, 4.69) is 31.9 Å². The fraction of sp³-hybridized carbons (Fsp3) is 0.714. The Morgan fingerprint density at radius 2 is 0.417 bits per heavy atom. The van der Waals surface area contributed by atoms with E-state index >= 15 is 0 Å². The minimum absolute atomic E-state index is 0.0302. The minimum Gasteiger partial charge on any atom is -0.467 e. The topological polar surface area (TPSA) is 332 Å². The molecule has 0 aliphatic carbocycles. The van der Waals surface area contributed by atoms with Crippen LogP contribution in [0, 0.1) is 0 Å². The highest BCUT2D eigenvalue weighted by Gasteiger charge is 2.28. The molecule has 0 saturated carbocycles. The van der Waals surface area contributed by atoms with E-state index in [0.29, 0.717) is 0 Å². The van der Waals surface area contributed by atoms with Gasteiger partial charge < -0.3 is 60.3 Å². The standard InChI is InChI=1S/C42H66N6O18S6/c1-61-37(55)25-19-67-68-20-26(38(56)62-2)44-33(51)15-9-10-16-34(52)46-29(41(59)65-5)23-71-72-24-30(42(60)66-6)48-36(54)18-12-11-17-35(53)47-28(40(58)64-4)22-70-69-21-27(39(57)63-3)45-32(50)14-8-7-13-31(49)43-25/h25-30H,7-24H2,1-6H3,(H,43,49)(H,44,51)(H,45,50)(H,46,52)(H,47,53)(H,48,54)/t25-,26-,27-,28-,29-,30-/m0/s1. The summed E-state index contributed by atoms with van der Waals surface area (Å²) in [5.74, 6) is -7.10. The van der Waals surface area contributed by atoms with Crippen molar-refractivity contribution in [3.05, 3.63) is 0 Å². The van der Waals surface area contributed by atoms with Crippen LogP contribution in [-0.4, -0.2) is 185 Å². The van der Waals surface area contributed by atoms with Crippen LogP contribution in [0.15, 0.2) is 0 Å². The van der Waals surface area contributed by atoms with Crippen molar-refractivity contribution in [2.24, 2.45) is 0 Å². The van der Waals surface area contributed by atoms with Crippen molar-refractivity contribution in [2.45, 2.75) is 113 Å². The van der Waals surface area contributed by atoms with E-state index in [1.807, 2.05) is 0 Å². The quantitative estimate of drug-likeness (QED) is 0.122. The summed E-state index contributed by atoms with van der Waals surface area (Å²) < 4.78 is 29.1. The molecule has 1 rings (SSSR count). The summed E-state index contributed by atoms with van der Waals surface area (Å²) in [5.41, 5.74) is 0. The van der Waals surface area contributed by atoms with Crippen molar-refractivity contribution in [2.75, 3.05) is 77.2 Å². The van der Waals surface area contributed by atoms with Gasteiger partial charge in [-0.2, -0.15) is 0 Å². The highest BCUT2D eigenvalue weighted by molar-refractivity contribution is 8.77. The zero-order valence-electron chi connectivity index (χ0n) is 41.0. The van der Waals surface area contributed by atoms with Gasteiger partial charge in [-0.05, 0) is 38.5 Å². The molecule has 1 aliphatic heterocycles. The molecule has 0 spiro atoms. The molecule has 0 aromatic carbocycles. The Morgan fingerprint density at radius 1 is 0.292 bits per heavy atom. The molecule has 72 heavy (non-hydrogen) atoms. The van der Waals surface area contributed by atoms with Gasteiger partial charge in [0.1, 0.15) is 36.3 Å². The van der Waals surface area contributed by atoms with Crippen molar-refractivity contribution in [1.29, 1.82) is 0 Å². The third kappa shape index (κ3) is 28.8. The number of hydrogen-bond donors (Lipinski definition) is 6. The molecule has 1 saturated heterocycles. The number of rotatable bonds is 6. The molecule has 1 fully saturated rings. The molecule has 24 nitrogen and oxygen atoms in total. The van der Waals surface area contributed by atoms with Gasteiger partial charge in [0.2, 0.25) is 35.4 Å². The lowest BCUT2D eigenvalue weighted by molar-refractivity contribution is -0.144. The number of ether oxygens (including phenoxy) is 6. The normalized spacial score (nSPS) is 24.1. The molecule has 6 atom stereocenters.